The Morgan fingerprint density at radius 3 is 2.35 bits per heavy atom. The Morgan fingerprint density at radius 1 is 1.11 bits per heavy atom. The van der Waals surface area contributed by atoms with E-state index in [2.05, 4.69) is 10.6 Å². The Bertz CT molecular complexity index is 1110. The number of ether oxygens (including phenoxy) is 1. The van der Waals surface area contributed by atoms with E-state index in [0.29, 0.717) is 12.0 Å². The minimum absolute atomic E-state index is 0.0897. The number of nitriles is 1. The Balaban J connectivity index is 2.45. The van der Waals surface area contributed by atoms with Crippen molar-refractivity contribution in [3.63, 3.8) is 0 Å². The fourth-order valence-electron chi connectivity index (χ4n) is 3.72. The molecule has 0 saturated carbocycles. The van der Waals surface area contributed by atoms with E-state index in [-0.39, 0.29) is 18.2 Å². The van der Waals surface area contributed by atoms with Crippen LogP contribution in [0.1, 0.15) is 58.2 Å². The first-order valence-corrected chi connectivity index (χ1v) is 12.2. The summed E-state index contributed by atoms with van der Waals surface area (Å²) in [6.07, 6.45) is -0.227. The van der Waals surface area contributed by atoms with Crippen molar-refractivity contribution in [1.29, 1.82) is 5.26 Å². The predicted molar refractivity (Wildman–Crippen MR) is 139 cm³/mol. The fraction of sp³-hybridized carbons (Fsp3) is 0.429. The lowest BCUT2D eigenvalue weighted by molar-refractivity contribution is -0.142. The van der Waals surface area contributed by atoms with E-state index in [0.717, 1.165) is 10.5 Å². The SMILES string of the molecule is CCC(C)C(NC(=O)OC(C)(C)C)C(=O)N(CC#N)C(C(=O)NCc1ccccc1)c1cccc(O)c1. The first kappa shape index (κ1) is 29.2. The van der Waals surface area contributed by atoms with Crippen LogP contribution < -0.4 is 10.6 Å². The van der Waals surface area contributed by atoms with Crippen LogP contribution in [0.25, 0.3) is 0 Å². The van der Waals surface area contributed by atoms with Gasteiger partial charge in [-0.15, -0.1) is 0 Å². The number of alkyl carbamates (subject to hydrolysis) is 1. The number of nitrogens with one attached hydrogen (secondary N) is 2. The third-order valence-electron chi connectivity index (χ3n) is 5.73. The lowest BCUT2D eigenvalue weighted by atomic mass is 9.95. The van der Waals surface area contributed by atoms with Gasteiger partial charge in [-0.25, -0.2) is 4.79 Å². The van der Waals surface area contributed by atoms with E-state index in [1.807, 2.05) is 43.3 Å². The second-order valence-electron chi connectivity index (χ2n) is 9.83. The van der Waals surface area contributed by atoms with Crippen LogP contribution in [0, 0.1) is 17.2 Å². The highest BCUT2D eigenvalue weighted by molar-refractivity contribution is 5.92. The zero-order valence-corrected chi connectivity index (χ0v) is 22.0. The molecular weight excluding hydrogens is 472 g/mol. The maximum absolute atomic E-state index is 13.9. The largest absolute Gasteiger partial charge is 0.508 e. The molecule has 37 heavy (non-hydrogen) atoms. The number of aromatic hydroxyl groups is 1. The van der Waals surface area contributed by atoms with Crippen LogP contribution in [0.15, 0.2) is 54.6 Å². The van der Waals surface area contributed by atoms with Crippen molar-refractivity contribution in [2.24, 2.45) is 5.92 Å². The van der Waals surface area contributed by atoms with Gasteiger partial charge in [0.1, 0.15) is 30.0 Å². The van der Waals surface area contributed by atoms with E-state index < -0.39 is 42.1 Å². The number of hydrogen-bond donors (Lipinski definition) is 3. The van der Waals surface area contributed by atoms with Gasteiger partial charge in [0.15, 0.2) is 0 Å². The van der Waals surface area contributed by atoms with Crippen molar-refractivity contribution in [2.45, 2.75) is 65.3 Å². The number of phenolic OH excluding ortho intramolecular Hbond substituents is 1. The highest BCUT2D eigenvalue weighted by Gasteiger charge is 2.38. The number of amides is 3. The summed E-state index contributed by atoms with van der Waals surface area (Å²) in [5, 5.41) is 25.2. The lowest BCUT2D eigenvalue weighted by Crippen LogP contribution is -2.55. The molecule has 2 rings (SSSR count). The number of nitrogens with zero attached hydrogens (tertiary/aromatic N) is 2. The van der Waals surface area contributed by atoms with Gasteiger partial charge in [-0.1, -0.05) is 62.7 Å². The monoisotopic (exact) mass is 508 g/mol. The van der Waals surface area contributed by atoms with Crippen molar-refractivity contribution < 1.29 is 24.2 Å². The van der Waals surface area contributed by atoms with Gasteiger partial charge in [0.2, 0.25) is 11.8 Å². The summed E-state index contributed by atoms with van der Waals surface area (Å²) in [4.78, 5) is 41.1. The lowest BCUT2D eigenvalue weighted by Gasteiger charge is -2.34. The standard InChI is InChI=1S/C28H36N4O5/c1-6-19(2)23(31-27(36)37-28(3,4)5)26(35)32(16-15-29)24(21-13-10-14-22(33)17-21)25(34)30-18-20-11-8-7-9-12-20/h7-14,17,19,23-24,33H,6,16,18H2,1-5H3,(H,30,34)(H,31,36). The molecule has 0 aliphatic heterocycles. The van der Waals surface area contributed by atoms with E-state index in [4.69, 9.17) is 4.74 Å². The predicted octanol–water partition coefficient (Wildman–Crippen LogP) is 4.04. The van der Waals surface area contributed by atoms with Crippen LogP contribution in [-0.2, 0) is 20.9 Å². The van der Waals surface area contributed by atoms with Crippen molar-refractivity contribution in [1.82, 2.24) is 15.5 Å². The maximum atomic E-state index is 13.9. The smallest absolute Gasteiger partial charge is 0.408 e. The molecule has 0 heterocycles. The summed E-state index contributed by atoms with van der Waals surface area (Å²) < 4.78 is 5.35. The summed E-state index contributed by atoms with van der Waals surface area (Å²) in [7, 11) is 0. The fourth-order valence-corrected chi connectivity index (χ4v) is 3.72. The van der Waals surface area contributed by atoms with Gasteiger partial charge in [-0.3, -0.25) is 9.59 Å². The summed E-state index contributed by atoms with van der Waals surface area (Å²) in [5.74, 6) is -1.55. The second kappa shape index (κ2) is 13.3. The Hall–Kier alpha value is -4.06. The number of carbonyl (C=O) groups excluding carboxylic acids is 3. The van der Waals surface area contributed by atoms with Gasteiger partial charge in [0.05, 0.1) is 6.07 Å². The molecule has 0 fully saturated rings. The molecule has 9 nitrogen and oxygen atoms in total. The number of rotatable bonds is 10. The van der Waals surface area contributed by atoms with E-state index in [9.17, 15) is 24.8 Å². The average Bonchev–Trinajstić information content (AvgIpc) is 2.84. The molecule has 198 valence electrons. The van der Waals surface area contributed by atoms with Crippen molar-refractivity contribution in [3.8, 4) is 11.8 Å². The molecule has 0 aliphatic carbocycles. The summed E-state index contributed by atoms with van der Waals surface area (Å²) >= 11 is 0. The van der Waals surface area contributed by atoms with Gasteiger partial charge in [-0.05, 0) is 49.9 Å². The molecule has 0 bridgehead atoms. The molecule has 0 spiro atoms. The number of benzene rings is 2. The molecule has 3 unspecified atom stereocenters. The highest BCUT2D eigenvalue weighted by atomic mass is 16.6. The van der Waals surface area contributed by atoms with Crippen LogP contribution in [0.4, 0.5) is 4.79 Å². The highest BCUT2D eigenvalue weighted by Crippen LogP contribution is 2.27. The van der Waals surface area contributed by atoms with Gasteiger partial charge in [0.25, 0.3) is 0 Å². The molecule has 0 radical (unpaired) electrons. The summed E-state index contributed by atoms with van der Waals surface area (Å²) in [6, 6.07) is 14.9. The molecule has 0 aromatic heterocycles. The zero-order valence-electron chi connectivity index (χ0n) is 22.0. The first-order valence-electron chi connectivity index (χ1n) is 12.2. The normalized spacial score (nSPS) is 13.4. The molecule has 2 aromatic rings. The average molecular weight is 509 g/mol. The summed E-state index contributed by atoms with van der Waals surface area (Å²) in [6.45, 7) is 8.59. The molecule has 3 N–H and O–H groups in total. The van der Waals surface area contributed by atoms with Crippen LogP contribution >= 0.6 is 0 Å². The molecule has 3 amide bonds. The third kappa shape index (κ3) is 8.83. The zero-order chi connectivity index (χ0) is 27.6. The minimum Gasteiger partial charge on any atom is -0.508 e. The Kier molecular flexibility index (Phi) is 10.5. The van der Waals surface area contributed by atoms with Gasteiger partial charge < -0.3 is 25.4 Å². The number of phenols is 1. The molecule has 3 atom stereocenters. The quantitative estimate of drug-likeness (QED) is 0.415. The van der Waals surface area contributed by atoms with Crippen molar-refractivity contribution in [2.75, 3.05) is 6.54 Å². The van der Waals surface area contributed by atoms with E-state index >= 15 is 0 Å². The van der Waals surface area contributed by atoms with E-state index in [1.54, 1.807) is 39.8 Å². The van der Waals surface area contributed by atoms with Crippen LogP contribution in [0.2, 0.25) is 0 Å². The van der Waals surface area contributed by atoms with Gasteiger partial charge in [0, 0.05) is 6.54 Å². The summed E-state index contributed by atoms with van der Waals surface area (Å²) in [5.41, 5.74) is 0.406. The van der Waals surface area contributed by atoms with Gasteiger partial charge >= 0.3 is 6.09 Å². The molecule has 9 heteroatoms. The Morgan fingerprint density at radius 2 is 1.78 bits per heavy atom. The molecular formula is C28H36N4O5. The van der Waals surface area contributed by atoms with Crippen LogP contribution in [-0.4, -0.2) is 46.1 Å². The van der Waals surface area contributed by atoms with Crippen LogP contribution in [0.5, 0.6) is 5.75 Å². The molecule has 2 aromatic carbocycles. The maximum Gasteiger partial charge on any atom is 0.408 e. The topological polar surface area (TPSA) is 132 Å². The first-order chi connectivity index (χ1) is 17.5. The molecule has 0 aliphatic rings. The van der Waals surface area contributed by atoms with Crippen LogP contribution in [0.3, 0.4) is 0 Å². The van der Waals surface area contributed by atoms with Crippen molar-refractivity contribution >= 4 is 17.9 Å². The second-order valence-corrected chi connectivity index (χ2v) is 9.83. The molecule has 0 saturated heterocycles. The van der Waals surface area contributed by atoms with Crippen molar-refractivity contribution in [3.05, 3.63) is 65.7 Å². The third-order valence-corrected chi connectivity index (χ3v) is 5.73. The minimum atomic E-state index is -1.23. The van der Waals surface area contributed by atoms with E-state index in [1.165, 1.54) is 12.1 Å². The number of hydrogen-bond acceptors (Lipinski definition) is 6. The van der Waals surface area contributed by atoms with Gasteiger partial charge in [-0.2, -0.15) is 5.26 Å². The number of carbonyl (C=O) groups is 3. The Labute approximate surface area is 218 Å².